The Kier molecular flexibility index (Phi) is 7.67. The summed E-state index contributed by atoms with van der Waals surface area (Å²) in [6.07, 6.45) is 7.73. The first-order chi connectivity index (χ1) is 12.2. The minimum Gasteiger partial charge on any atom is -0.305 e. The summed E-state index contributed by atoms with van der Waals surface area (Å²) >= 11 is 1.56. The van der Waals surface area contributed by atoms with Gasteiger partial charge in [0, 0.05) is 33.3 Å². The number of hydrogen-bond donors (Lipinski definition) is 0. The Morgan fingerprint density at radius 1 is 1.15 bits per heavy atom. The SMILES string of the molecule is C=C(c1[c-]scc1)n1ccn(C)[cH+]1.[Ir].[c-]1ccccc1-c1ccccn1. The number of rotatable bonds is 3. The van der Waals surface area contributed by atoms with Crippen molar-refractivity contribution in [2.45, 2.75) is 0 Å². The van der Waals surface area contributed by atoms with Crippen molar-refractivity contribution in [2.75, 3.05) is 0 Å². The van der Waals surface area contributed by atoms with Crippen molar-refractivity contribution in [2.24, 2.45) is 7.05 Å². The molecule has 4 aromatic rings. The van der Waals surface area contributed by atoms with Crippen LogP contribution in [0.25, 0.3) is 17.0 Å². The Morgan fingerprint density at radius 3 is 2.58 bits per heavy atom. The molecule has 0 amide bonds. The van der Waals surface area contributed by atoms with Gasteiger partial charge in [0.15, 0.2) is 6.33 Å². The fourth-order valence-electron chi connectivity index (χ4n) is 2.21. The van der Waals surface area contributed by atoms with Gasteiger partial charge in [0.2, 0.25) is 0 Å². The van der Waals surface area contributed by atoms with Crippen molar-refractivity contribution in [1.29, 1.82) is 0 Å². The Labute approximate surface area is 171 Å². The molecule has 0 N–H and O–H groups in total. The van der Waals surface area contributed by atoms with E-state index in [2.05, 4.69) is 23.0 Å². The zero-order valence-electron chi connectivity index (χ0n) is 14.3. The van der Waals surface area contributed by atoms with Gasteiger partial charge in [-0.3, -0.25) is 15.9 Å². The van der Waals surface area contributed by atoms with Gasteiger partial charge >= 0.3 is 0 Å². The average Bonchev–Trinajstić information content (AvgIpc) is 3.35. The van der Waals surface area contributed by atoms with E-state index in [1.165, 1.54) is 0 Å². The van der Waals surface area contributed by atoms with Crippen LogP contribution in [0.15, 0.2) is 85.4 Å². The molecule has 0 aliphatic rings. The van der Waals surface area contributed by atoms with Crippen molar-refractivity contribution >= 4 is 17.0 Å². The molecule has 3 heterocycles. The third kappa shape index (κ3) is 5.33. The molecule has 1 aromatic carbocycles. The van der Waals surface area contributed by atoms with Gasteiger partial charge in [0.1, 0.15) is 18.1 Å². The van der Waals surface area contributed by atoms with Gasteiger partial charge < -0.3 is 4.98 Å². The molecule has 0 unspecified atom stereocenters. The molecule has 0 fully saturated rings. The first kappa shape index (κ1) is 20.0. The fourth-order valence-corrected chi connectivity index (χ4v) is 2.80. The van der Waals surface area contributed by atoms with Crippen LogP contribution in [0.2, 0.25) is 0 Å². The first-order valence-corrected chi connectivity index (χ1v) is 8.68. The zero-order chi connectivity index (χ0) is 17.5. The third-order valence-corrected chi connectivity index (χ3v) is 4.12. The van der Waals surface area contributed by atoms with Crippen LogP contribution in [0.5, 0.6) is 0 Å². The Bertz CT molecular complexity index is 879. The smallest absolute Gasteiger partial charge is 0.166 e. The van der Waals surface area contributed by atoms with Crippen molar-refractivity contribution in [3.8, 4) is 11.3 Å². The summed E-state index contributed by atoms with van der Waals surface area (Å²) in [5.41, 5.74) is 4.03. The summed E-state index contributed by atoms with van der Waals surface area (Å²) in [5, 5.41) is 5.16. The van der Waals surface area contributed by atoms with Crippen molar-refractivity contribution in [3.05, 3.63) is 102 Å². The van der Waals surface area contributed by atoms with Gasteiger partial charge in [0.05, 0.1) is 0 Å². The van der Waals surface area contributed by atoms with Crippen LogP contribution in [-0.4, -0.2) is 14.1 Å². The molecule has 26 heavy (non-hydrogen) atoms. The number of benzene rings is 1. The number of hydrogen-bond acceptors (Lipinski definition) is 2. The second kappa shape index (κ2) is 9.97. The maximum absolute atomic E-state index is 4.22. The summed E-state index contributed by atoms with van der Waals surface area (Å²) in [6, 6.07) is 18.8. The van der Waals surface area contributed by atoms with Gasteiger partial charge in [-0.25, -0.2) is 0 Å². The summed E-state index contributed by atoms with van der Waals surface area (Å²) < 4.78 is 3.97. The third-order valence-electron chi connectivity index (χ3n) is 3.51. The maximum atomic E-state index is 4.22. The van der Waals surface area contributed by atoms with Gasteiger partial charge in [-0.1, -0.05) is 17.5 Å². The zero-order valence-corrected chi connectivity index (χ0v) is 17.5. The van der Waals surface area contributed by atoms with E-state index in [1.54, 1.807) is 17.5 Å². The minimum absolute atomic E-state index is 0. The Morgan fingerprint density at radius 2 is 2.00 bits per heavy atom. The predicted molar refractivity (Wildman–Crippen MR) is 104 cm³/mol. The molecule has 0 aliphatic heterocycles. The largest absolute Gasteiger partial charge is 0.305 e. The molecule has 0 saturated heterocycles. The molecule has 3 nitrogen and oxygen atoms in total. The average molecular weight is 537 g/mol. The molecule has 3 aromatic heterocycles. The van der Waals surface area contributed by atoms with Gasteiger partial charge in [-0.05, 0) is 23.9 Å². The number of thiophene rings is 1. The summed E-state index contributed by atoms with van der Waals surface area (Å²) in [6.45, 7) is 4.01. The second-order valence-electron chi connectivity index (χ2n) is 5.36. The van der Waals surface area contributed by atoms with Crippen molar-refractivity contribution in [3.63, 3.8) is 0 Å². The van der Waals surface area contributed by atoms with E-state index < -0.39 is 0 Å². The molecule has 0 atom stereocenters. The van der Waals surface area contributed by atoms with E-state index in [0.717, 1.165) is 22.5 Å². The fraction of sp³-hybridized carbons (Fsp3) is 0.0476. The molecule has 0 saturated carbocycles. The number of pyridine rings is 1. The molecule has 0 aliphatic carbocycles. The maximum Gasteiger partial charge on any atom is 0.166 e. The van der Waals surface area contributed by atoms with E-state index in [9.17, 15) is 0 Å². The van der Waals surface area contributed by atoms with Crippen LogP contribution in [0.3, 0.4) is 0 Å². The normalized spacial score (nSPS) is 9.58. The van der Waals surface area contributed by atoms with Crippen LogP contribution >= 0.6 is 11.3 Å². The van der Waals surface area contributed by atoms with E-state index in [0.29, 0.717) is 0 Å². The quantitative estimate of drug-likeness (QED) is 0.337. The molecule has 0 bridgehead atoms. The molecule has 133 valence electrons. The van der Waals surface area contributed by atoms with Gasteiger partial charge in [0.25, 0.3) is 0 Å². The van der Waals surface area contributed by atoms with E-state index in [1.807, 2.05) is 88.8 Å². The van der Waals surface area contributed by atoms with Crippen LogP contribution in [-0.2, 0) is 27.2 Å². The summed E-state index contributed by atoms with van der Waals surface area (Å²) in [4.78, 5) is 4.22. The number of imidazole rings is 1. The van der Waals surface area contributed by atoms with Gasteiger partial charge in [-0.15, -0.1) is 47.3 Å². The van der Waals surface area contributed by atoms with Crippen LogP contribution in [0, 0.1) is 11.4 Å². The summed E-state index contributed by atoms with van der Waals surface area (Å²) in [5.74, 6) is 0. The van der Waals surface area contributed by atoms with Crippen molar-refractivity contribution in [1.82, 2.24) is 14.1 Å². The van der Waals surface area contributed by atoms with Gasteiger partial charge in [-0.2, -0.15) is 4.57 Å². The van der Waals surface area contributed by atoms with E-state index in [-0.39, 0.29) is 20.1 Å². The van der Waals surface area contributed by atoms with Crippen LogP contribution < -0.4 is 0 Å². The monoisotopic (exact) mass is 537 g/mol. The molecular formula is C21H18IrN3S-. The molecule has 5 heteroatoms. The van der Waals surface area contributed by atoms with Crippen molar-refractivity contribution < 1.29 is 20.1 Å². The standard InChI is InChI=1S/C11H8N.C10H10N2S.Ir/c1-2-6-10(7-3-1)11-8-4-5-9-12-11;1-9(10-3-6-13-7-10)12-5-4-11(2)8-12;/h1-6,8-9H;3-6,8H,1H2,2H3;/q-1;;. The minimum atomic E-state index is 0. The first-order valence-electron chi connectivity index (χ1n) is 7.80. The number of aromatic nitrogens is 3. The molecular weight excluding hydrogens is 519 g/mol. The molecule has 4 rings (SSSR count). The Balaban J connectivity index is 0.000000180. The van der Waals surface area contributed by atoms with Crippen LogP contribution in [0.4, 0.5) is 0 Å². The van der Waals surface area contributed by atoms with E-state index >= 15 is 0 Å². The number of nitrogens with zero attached hydrogens (tertiary/aromatic N) is 3. The molecule has 1 radical (unpaired) electrons. The Hall–Kier alpha value is -2.33. The molecule has 0 spiro atoms. The predicted octanol–water partition coefficient (Wildman–Crippen LogP) is 5.03. The topological polar surface area (TPSA) is 22.8 Å². The van der Waals surface area contributed by atoms with Crippen LogP contribution in [0.1, 0.15) is 5.56 Å². The van der Waals surface area contributed by atoms with E-state index in [4.69, 9.17) is 0 Å². The second-order valence-corrected chi connectivity index (χ2v) is 6.07. The number of aryl methyl sites for hydroxylation is 1. The summed E-state index contributed by atoms with van der Waals surface area (Å²) in [7, 11) is 1.99.